The van der Waals surface area contributed by atoms with Gasteiger partial charge in [0.15, 0.2) is 0 Å². The Kier molecular flexibility index (Phi) is 7.34. The molecule has 0 bridgehead atoms. The molecule has 0 saturated heterocycles. The molecule has 0 aliphatic carbocycles. The molecule has 6 aromatic rings. The van der Waals surface area contributed by atoms with Crippen LogP contribution in [0.15, 0.2) is 119 Å². The topological polar surface area (TPSA) is 146 Å². The van der Waals surface area contributed by atoms with E-state index in [-0.39, 0.29) is 17.2 Å². The number of aromatic hydroxyl groups is 1. The van der Waals surface area contributed by atoms with Gasteiger partial charge in [-0.15, -0.1) is 0 Å². The number of nitrogens with two attached hydrogens (primary N) is 1. The van der Waals surface area contributed by atoms with E-state index in [1.807, 2.05) is 42.5 Å². The Morgan fingerprint density at radius 3 is 1.59 bits per heavy atom. The maximum Gasteiger partial charge on any atom is 0.379 e. The highest BCUT2D eigenvalue weighted by Gasteiger charge is 2.03. The highest BCUT2D eigenvalue weighted by Crippen LogP contribution is 2.16. The van der Waals surface area contributed by atoms with Gasteiger partial charge in [0.1, 0.15) is 22.4 Å². The van der Waals surface area contributed by atoms with Gasteiger partial charge < -0.3 is 28.8 Å². The van der Waals surface area contributed by atoms with Gasteiger partial charge in [-0.05, 0) is 36.4 Å². The summed E-state index contributed by atoms with van der Waals surface area (Å²) in [5, 5.41) is 11.4. The van der Waals surface area contributed by atoms with E-state index in [4.69, 9.17) is 28.8 Å². The second kappa shape index (κ2) is 11.0. The summed E-state index contributed by atoms with van der Waals surface area (Å²) >= 11 is 0. The number of anilines is 1. The fourth-order valence-corrected chi connectivity index (χ4v) is 3.31. The zero-order valence-electron chi connectivity index (χ0n) is 19.5. The number of nitrogen functional groups attached to an aromatic ring is 1. The van der Waals surface area contributed by atoms with E-state index in [1.54, 1.807) is 42.5 Å². The lowest BCUT2D eigenvalue weighted by Crippen LogP contribution is -2.05. The third-order valence-corrected chi connectivity index (χ3v) is 5.12. The SMILES string of the molecule is COc1cc2ccccc2oc1=O.Nc1cc2ccccc2oc1=O.O=c1oc2ccccc2cc1O. The minimum absolute atomic E-state index is 0.147. The van der Waals surface area contributed by atoms with E-state index < -0.39 is 16.9 Å². The molecule has 3 aromatic heterocycles. The van der Waals surface area contributed by atoms with Gasteiger partial charge >= 0.3 is 16.9 Å². The van der Waals surface area contributed by atoms with E-state index in [0.717, 1.165) is 16.2 Å². The molecule has 186 valence electrons. The first-order valence-electron chi connectivity index (χ1n) is 10.9. The highest BCUT2D eigenvalue weighted by atomic mass is 16.5. The van der Waals surface area contributed by atoms with E-state index in [2.05, 4.69) is 0 Å². The molecule has 3 aromatic carbocycles. The third kappa shape index (κ3) is 5.85. The highest BCUT2D eigenvalue weighted by molar-refractivity contribution is 5.79. The lowest BCUT2D eigenvalue weighted by atomic mass is 10.2. The van der Waals surface area contributed by atoms with Crippen LogP contribution >= 0.6 is 0 Å². The summed E-state index contributed by atoms with van der Waals surface area (Å²) in [5.41, 5.74) is 5.53. The maximum atomic E-state index is 11.2. The van der Waals surface area contributed by atoms with Crippen LogP contribution in [0.25, 0.3) is 32.9 Å². The fraction of sp³-hybridized carbons (Fsp3) is 0.0357. The van der Waals surface area contributed by atoms with Gasteiger partial charge in [0, 0.05) is 16.2 Å². The van der Waals surface area contributed by atoms with Crippen LogP contribution in [0.3, 0.4) is 0 Å². The van der Waals surface area contributed by atoms with Gasteiger partial charge in [0.25, 0.3) is 0 Å². The van der Waals surface area contributed by atoms with Gasteiger partial charge in [0.05, 0.1) is 7.11 Å². The van der Waals surface area contributed by atoms with E-state index in [0.29, 0.717) is 16.7 Å². The summed E-state index contributed by atoms with van der Waals surface area (Å²) in [7, 11) is 1.45. The molecular weight excluding hydrogens is 478 g/mol. The van der Waals surface area contributed by atoms with Crippen molar-refractivity contribution in [3.63, 3.8) is 0 Å². The molecule has 0 radical (unpaired) electrons. The van der Waals surface area contributed by atoms with Crippen molar-refractivity contribution < 1.29 is 23.1 Å². The lowest BCUT2D eigenvalue weighted by molar-refractivity contribution is 0.385. The standard InChI is InChI=1S/C10H8O3.C9H7NO2.C9H6O3/c1-12-9-6-7-4-2-3-5-8(7)13-10(9)11;2*10-7-5-6-3-1-2-4-8(6)12-9(7)11/h2-6H,1H3;1-5H,10H2;1-5,10H. The van der Waals surface area contributed by atoms with E-state index in [1.165, 1.54) is 13.2 Å². The summed E-state index contributed by atoms with van der Waals surface area (Å²) in [6.07, 6.45) is 0. The summed E-state index contributed by atoms with van der Waals surface area (Å²) < 4.78 is 19.5. The lowest BCUT2D eigenvalue weighted by Gasteiger charge is -1.99. The Morgan fingerprint density at radius 2 is 1.05 bits per heavy atom. The summed E-state index contributed by atoms with van der Waals surface area (Å²) in [5.74, 6) is -0.118. The van der Waals surface area contributed by atoms with Crippen molar-refractivity contribution in [1.82, 2.24) is 0 Å². The number of hydrogen-bond donors (Lipinski definition) is 2. The molecule has 37 heavy (non-hydrogen) atoms. The predicted octanol–water partition coefficient (Wildman–Crippen LogP) is 4.68. The molecular formula is C28H21NO8. The molecule has 0 atom stereocenters. The Morgan fingerprint density at radius 1 is 0.622 bits per heavy atom. The van der Waals surface area contributed by atoms with Crippen molar-refractivity contribution in [2.75, 3.05) is 12.8 Å². The van der Waals surface area contributed by atoms with Gasteiger partial charge in [-0.3, -0.25) is 0 Å². The predicted molar refractivity (Wildman–Crippen MR) is 140 cm³/mol. The van der Waals surface area contributed by atoms with Gasteiger partial charge in [-0.25, -0.2) is 14.4 Å². The van der Waals surface area contributed by atoms with Crippen LogP contribution in [-0.2, 0) is 0 Å². The van der Waals surface area contributed by atoms with Crippen molar-refractivity contribution >= 4 is 38.6 Å². The molecule has 0 aliphatic heterocycles. The quantitative estimate of drug-likeness (QED) is 0.308. The minimum atomic E-state index is -0.700. The average Bonchev–Trinajstić information content (AvgIpc) is 2.90. The monoisotopic (exact) mass is 499 g/mol. The van der Waals surface area contributed by atoms with Crippen LogP contribution in [0.4, 0.5) is 5.69 Å². The smallest absolute Gasteiger partial charge is 0.379 e. The number of rotatable bonds is 1. The van der Waals surface area contributed by atoms with Crippen LogP contribution in [0, 0.1) is 0 Å². The molecule has 0 amide bonds. The second-order valence-electron chi connectivity index (χ2n) is 7.62. The molecule has 0 spiro atoms. The van der Waals surface area contributed by atoms with Crippen LogP contribution < -0.4 is 27.3 Å². The number of ether oxygens (including phenoxy) is 1. The fourth-order valence-electron chi connectivity index (χ4n) is 3.31. The Hall–Kier alpha value is -5.31. The van der Waals surface area contributed by atoms with Crippen molar-refractivity contribution in [1.29, 1.82) is 0 Å². The van der Waals surface area contributed by atoms with Crippen LogP contribution in [0.1, 0.15) is 0 Å². The van der Waals surface area contributed by atoms with Crippen molar-refractivity contribution in [2.45, 2.75) is 0 Å². The second-order valence-corrected chi connectivity index (χ2v) is 7.62. The molecule has 3 heterocycles. The number of para-hydroxylation sites is 3. The van der Waals surface area contributed by atoms with Gasteiger partial charge in [-0.1, -0.05) is 54.6 Å². The Bertz CT molecular complexity index is 1780. The average molecular weight is 499 g/mol. The molecule has 0 aliphatic rings. The third-order valence-electron chi connectivity index (χ3n) is 5.12. The summed E-state index contributed by atoms with van der Waals surface area (Å²) in [6, 6.07) is 26.2. The number of benzene rings is 3. The van der Waals surface area contributed by atoms with E-state index >= 15 is 0 Å². The first-order chi connectivity index (χ1) is 17.9. The van der Waals surface area contributed by atoms with Gasteiger partial charge in [0.2, 0.25) is 11.5 Å². The molecule has 0 unspecified atom stereocenters. The molecule has 0 fully saturated rings. The molecule has 9 nitrogen and oxygen atoms in total. The van der Waals surface area contributed by atoms with Crippen LogP contribution in [-0.4, -0.2) is 12.2 Å². The first kappa shape index (κ1) is 24.8. The first-order valence-corrected chi connectivity index (χ1v) is 10.9. The minimum Gasteiger partial charge on any atom is -0.502 e. The molecule has 0 saturated carbocycles. The number of hydrogen-bond acceptors (Lipinski definition) is 9. The van der Waals surface area contributed by atoms with Crippen LogP contribution in [0.2, 0.25) is 0 Å². The Balaban J connectivity index is 0.000000130. The van der Waals surface area contributed by atoms with Gasteiger partial charge in [-0.2, -0.15) is 0 Å². The number of fused-ring (bicyclic) bond motifs is 3. The van der Waals surface area contributed by atoms with Crippen molar-refractivity contribution in [2.24, 2.45) is 0 Å². The molecule has 6 rings (SSSR count). The zero-order chi connectivity index (χ0) is 26.4. The molecule has 3 N–H and O–H groups in total. The largest absolute Gasteiger partial charge is 0.502 e. The van der Waals surface area contributed by atoms with Crippen LogP contribution in [0.5, 0.6) is 11.5 Å². The van der Waals surface area contributed by atoms with Crippen molar-refractivity contribution in [3.8, 4) is 11.5 Å². The normalized spacial score (nSPS) is 10.3. The Labute approximate surface area is 208 Å². The summed E-state index contributed by atoms with van der Waals surface area (Å²) in [6.45, 7) is 0. The molecule has 9 heteroatoms. The summed E-state index contributed by atoms with van der Waals surface area (Å²) in [4.78, 5) is 32.9. The zero-order valence-corrected chi connectivity index (χ0v) is 19.5. The maximum absolute atomic E-state index is 11.2. The van der Waals surface area contributed by atoms with Crippen molar-refractivity contribution in [3.05, 3.63) is 122 Å². The number of methoxy groups -OCH3 is 1. The van der Waals surface area contributed by atoms with E-state index in [9.17, 15) is 14.4 Å².